The number of carboxylic acid groups (broad SMARTS) is 1. The van der Waals surface area contributed by atoms with Gasteiger partial charge in [0, 0.05) is 40.5 Å². The highest BCUT2D eigenvalue weighted by molar-refractivity contribution is 6.25. The Morgan fingerprint density at radius 1 is 1.10 bits per heavy atom. The molecular weight excluding hydrogens is 378 g/mol. The number of carboxylic acids is 1. The summed E-state index contributed by atoms with van der Waals surface area (Å²) in [5, 5.41) is 11.6. The number of hydrogen-bond donors (Lipinski definition) is 2. The summed E-state index contributed by atoms with van der Waals surface area (Å²) in [5.74, 6) is -3.09. The molecule has 2 N–H and O–H groups in total. The van der Waals surface area contributed by atoms with Gasteiger partial charge >= 0.3 is 12.2 Å². The molecule has 1 unspecified atom stereocenters. The third-order valence-electron chi connectivity index (χ3n) is 4.98. The first kappa shape index (κ1) is 23.8. The molecule has 0 aliphatic heterocycles. The van der Waals surface area contributed by atoms with E-state index in [-0.39, 0.29) is 42.0 Å². The molecule has 1 amide bonds. The zero-order valence-electron chi connectivity index (χ0n) is 17.2. The Bertz CT molecular complexity index is 888. The molecule has 0 spiro atoms. The Labute approximate surface area is 168 Å². The number of nitrogens with zero attached hydrogens (tertiary/aromatic N) is 2. The Kier molecular flexibility index (Phi) is 7.68. The lowest BCUT2D eigenvalue weighted by Gasteiger charge is -2.31. The summed E-state index contributed by atoms with van der Waals surface area (Å²) < 4.78 is 0. The van der Waals surface area contributed by atoms with Crippen molar-refractivity contribution in [1.82, 2.24) is 5.32 Å². The van der Waals surface area contributed by atoms with E-state index in [0.29, 0.717) is 17.4 Å². The molecule has 1 aliphatic carbocycles. The number of hydrogen-bond acceptors (Lipinski definition) is 5. The Morgan fingerprint density at radius 3 is 2.17 bits per heavy atom. The van der Waals surface area contributed by atoms with Gasteiger partial charge in [0.25, 0.3) is 0 Å². The molecule has 9 nitrogen and oxygen atoms in total. The largest absolute Gasteiger partial charge is 0.480 e. The molecule has 0 saturated carbocycles. The summed E-state index contributed by atoms with van der Waals surface area (Å²) in [5.41, 5.74) is 8.52. The molecule has 0 aromatic rings. The average molecular weight is 403 g/mol. The summed E-state index contributed by atoms with van der Waals surface area (Å²) in [6.07, 6.45) is 0.0151. The highest BCUT2D eigenvalue weighted by Gasteiger charge is 2.38. The van der Waals surface area contributed by atoms with Crippen LogP contribution in [0.3, 0.4) is 0 Å². The molecule has 1 aliphatic rings. The van der Waals surface area contributed by atoms with E-state index in [4.69, 9.17) is 5.53 Å². The van der Waals surface area contributed by atoms with Crippen LogP contribution in [0.5, 0.6) is 0 Å². The van der Waals surface area contributed by atoms with E-state index in [2.05, 4.69) is 10.1 Å². The molecule has 0 fully saturated rings. The predicted molar refractivity (Wildman–Crippen MR) is 103 cm³/mol. The maximum absolute atomic E-state index is 12.7. The number of carbonyl (C=O) groups is 5. The van der Waals surface area contributed by atoms with Crippen molar-refractivity contribution < 1.29 is 33.9 Å². The molecule has 29 heavy (non-hydrogen) atoms. The van der Waals surface area contributed by atoms with Gasteiger partial charge in [0.1, 0.15) is 6.04 Å². The summed E-state index contributed by atoms with van der Waals surface area (Å²) >= 11 is 0. The van der Waals surface area contributed by atoms with Crippen molar-refractivity contribution in [2.45, 2.75) is 59.9 Å². The van der Waals surface area contributed by atoms with Crippen LogP contribution in [0.2, 0.25) is 0 Å². The van der Waals surface area contributed by atoms with E-state index in [0.717, 1.165) is 0 Å². The van der Waals surface area contributed by atoms with Crippen LogP contribution in [0.1, 0.15) is 53.9 Å². The fourth-order valence-electron chi connectivity index (χ4n) is 3.32. The monoisotopic (exact) mass is 403 g/mol. The van der Waals surface area contributed by atoms with Crippen molar-refractivity contribution in [3.05, 3.63) is 27.8 Å². The van der Waals surface area contributed by atoms with Crippen molar-refractivity contribution in [3.8, 4) is 0 Å². The Morgan fingerprint density at radius 2 is 1.66 bits per heavy atom. The molecule has 1 rings (SSSR count). The van der Waals surface area contributed by atoms with E-state index in [1.807, 2.05) is 0 Å². The smallest absolute Gasteiger partial charge is 0.326 e. The molecule has 1 atom stereocenters. The third kappa shape index (κ3) is 5.65. The van der Waals surface area contributed by atoms with Gasteiger partial charge in [-0.25, -0.2) is 4.79 Å². The first-order valence-corrected chi connectivity index (χ1v) is 9.04. The van der Waals surface area contributed by atoms with Gasteiger partial charge in [0.15, 0.2) is 11.6 Å². The number of rotatable bonds is 9. The van der Waals surface area contributed by atoms with Gasteiger partial charge in [0.2, 0.25) is 11.7 Å². The van der Waals surface area contributed by atoms with Crippen LogP contribution in [0, 0.1) is 5.41 Å². The van der Waals surface area contributed by atoms with Crippen molar-refractivity contribution in [1.29, 1.82) is 0 Å². The van der Waals surface area contributed by atoms with E-state index in [1.165, 1.54) is 0 Å². The minimum absolute atomic E-state index is 0.188. The lowest BCUT2D eigenvalue weighted by molar-refractivity contribution is -0.142. The minimum atomic E-state index is -1.32. The number of Topliss-reactive ketones (excluding diaryl/α,β-unsaturated/α-hetero) is 3. The molecule has 0 aromatic carbocycles. The molecule has 0 saturated heterocycles. The summed E-state index contributed by atoms with van der Waals surface area (Å²) in [6.45, 7) is 7.96. The van der Waals surface area contributed by atoms with Gasteiger partial charge in [-0.3, -0.25) is 19.2 Å². The second-order valence-corrected chi connectivity index (χ2v) is 7.68. The molecule has 156 valence electrons. The predicted octanol–water partition coefficient (Wildman–Crippen LogP) is 1.43. The van der Waals surface area contributed by atoms with Crippen molar-refractivity contribution >= 4 is 35.4 Å². The SMILES string of the molecule is CC1=C(C)C(=O)C(C(C)(C)CC(=O)NC(CCC(=O)C=[N+]=[N-])C(=O)O)=C(C)C1=O. The van der Waals surface area contributed by atoms with E-state index >= 15 is 0 Å². The summed E-state index contributed by atoms with van der Waals surface area (Å²) in [4.78, 5) is 62.9. The number of allylic oxidation sites excluding steroid dienone is 4. The van der Waals surface area contributed by atoms with Gasteiger partial charge in [-0.15, -0.1) is 0 Å². The van der Waals surface area contributed by atoms with Crippen LogP contribution in [-0.2, 0) is 24.0 Å². The lowest BCUT2D eigenvalue weighted by atomic mass is 9.71. The van der Waals surface area contributed by atoms with Crippen LogP contribution >= 0.6 is 0 Å². The fraction of sp³-hybridized carbons (Fsp3) is 0.500. The second-order valence-electron chi connectivity index (χ2n) is 7.68. The average Bonchev–Trinajstić information content (AvgIpc) is 2.61. The highest BCUT2D eigenvalue weighted by Crippen LogP contribution is 2.38. The second kappa shape index (κ2) is 9.34. The summed E-state index contributed by atoms with van der Waals surface area (Å²) in [7, 11) is 0. The third-order valence-corrected chi connectivity index (χ3v) is 4.98. The number of aliphatic carboxylic acids is 1. The van der Waals surface area contributed by atoms with Crippen LogP contribution in [0.25, 0.3) is 5.53 Å². The molecule has 0 bridgehead atoms. The Balaban J connectivity index is 2.97. The lowest BCUT2D eigenvalue weighted by Crippen LogP contribution is -2.43. The zero-order valence-corrected chi connectivity index (χ0v) is 17.2. The first-order valence-electron chi connectivity index (χ1n) is 9.04. The molecule has 0 aromatic heterocycles. The highest BCUT2D eigenvalue weighted by atomic mass is 16.4. The van der Waals surface area contributed by atoms with E-state index < -0.39 is 29.1 Å². The number of ketones is 3. The van der Waals surface area contributed by atoms with Crippen LogP contribution in [0.4, 0.5) is 0 Å². The van der Waals surface area contributed by atoms with Crippen LogP contribution < -0.4 is 5.32 Å². The Hall–Kier alpha value is -3.19. The van der Waals surface area contributed by atoms with E-state index in [1.54, 1.807) is 34.6 Å². The molecule has 0 radical (unpaired) electrons. The van der Waals surface area contributed by atoms with E-state index in [9.17, 15) is 29.1 Å². The van der Waals surface area contributed by atoms with Crippen LogP contribution in [-0.4, -0.2) is 51.4 Å². The van der Waals surface area contributed by atoms with Gasteiger partial charge < -0.3 is 16.0 Å². The van der Waals surface area contributed by atoms with Crippen molar-refractivity contribution in [2.24, 2.45) is 5.41 Å². The molecular formula is C20H25N3O6. The maximum atomic E-state index is 12.7. The van der Waals surface area contributed by atoms with Crippen molar-refractivity contribution in [3.63, 3.8) is 0 Å². The molecule has 9 heteroatoms. The quantitative estimate of drug-likeness (QED) is 0.257. The number of amides is 1. The topological polar surface area (TPSA) is 154 Å². The van der Waals surface area contributed by atoms with Gasteiger partial charge in [-0.1, -0.05) is 13.8 Å². The summed E-state index contributed by atoms with van der Waals surface area (Å²) in [6, 6.07) is -1.32. The maximum Gasteiger partial charge on any atom is 0.326 e. The standard InChI is InChI=1S/C20H25N3O6/c1-10-11(2)18(27)16(12(3)17(10)26)20(4,5)8-15(25)23-14(19(28)29)7-6-13(24)9-22-21/h9,14H,6-8H2,1-5H3,(H,23,25)(H,28,29). The van der Waals surface area contributed by atoms with Gasteiger partial charge in [-0.2, -0.15) is 4.79 Å². The number of carbonyl (C=O) groups excluding carboxylic acids is 4. The number of nitrogens with one attached hydrogen (secondary N) is 1. The van der Waals surface area contributed by atoms with Gasteiger partial charge in [-0.05, 0) is 27.2 Å². The normalized spacial score (nSPS) is 15.8. The van der Waals surface area contributed by atoms with Crippen molar-refractivity contribution in [2.75, 3.05) is 0 Å². The fourth-order valence-corrected chi connectivity index (χ4v) is 3.32. The minimum Gasteiger partial charge on any atom is -0.480 e. The molecule has 0 heterocycles. The van der Waals surface area contributed by atoms with Crippen LogP contribution in [0.15, 0.2) is 22.3 Å². The van der Waals surface area contributed by atoms with Gasteiger partial charge in [0.05, 0.1) is 0 Å². The zero-order chi connectivity index (χ0) is 22.5. The first-order chi connectivity index (χ1) is 13.3.